The molecule has 0 aliphatic carbocycles. The number of nitriles is 1. The average molecular weight is 347 g/mol. The van der Waals surface area contributed by atoms with Gasteiger partial charge < -0.3 is 5.32 Å². The number of rotatable bonds is 2. The van der Waals surface area contributed by atoms with Crippen molar-refractivity contribution in [2.45, 2.75) is 0 Å². The van der Waals surface area contributed by atoms with E-state index in [1.165, 1.54) is 18.0 Å². The third kappa shape index (κ3) is 3.09. The van der Waals surface area contributed by atoms with E-state index in [1.807, 2.05) is 29.7 Å². The standard InChI is InChI=1S/C15H8Cl2N4S/c16-10-3-1-2-9(6-10)13-8-22-14(20-13)11(7-18)12-4-5-19-15(17)21-12/h1-6,8,20H/b14-11-. The lowest BCUT2D eigenvalue weighted by Gasteiger charge is -2.07. The van der Waals surface area contributed by atoms with Crippen LogP contribution in [0.2, 0.25) is 10.3 Å². The molecule has 0 amide bonds. The summed E-state index contributed by atoms with van der Waals surface area (Å²) in [5.41, 5.74) is 2.74. The van der Waals surface area contributed by atoms with Crippen molar-refractivity contribution in [3.05, 3.63) is 68.5 Å². The average Bonchev–Trinajstić information content (AvgIpc) is 2.98. The molecular formula is C15H8Cl2N4S. The minimum absolute atomic E-state index is 0.108. The Hall–Kier alpha value is -2.00. The number of hydrogen-bond donors (Lipinski definition) is 1. The minimum atomic E-state index is 0.108. The van der Waals surface area contributed by atoms with Gasteiger partial charge in [0.05, 0.1) is 16.4 Å². The molecule has 3 rings (SSSR count). The summed E-state index contributed by atoms with van der Waals surface area (Å²) < 4.78 is 0. The topological polar surface area (TPSA) is 61.6 Å². The lowest BCUT2D eigenvalue weighted by atomic mass is 10.1. The van der Waals surface area contributed by atoms with Crippen molar-refractivity contribution in [1.29, 1.82) is 5.26 Å². The summed E-state index contributed by atoms with van der Waals surface area (Å²) >= 11 is 13.2. The number of benzene rings is 1. The Bertz CT molecular complexity index is 839. The van der Waals surface area contributed by atoms with Crippen molar-refractivity contribution in [3.8, 4) is 6.07 Å². The summed E-state index contributed by atoms with van der Waals surface area (Å²) in [6.45, 7) is 0. The molecular weight excluding hydrogens is 339 g/mol. The Morgan fingerprint density at radius 3 is 2.86 bits per heavy atom. The van der Waals surface area contributed by atoms with Crippen LogP contribution in [0.1, 0.15) is 11.3 Å². The van der Waals surface area contributed by atoms with Gasteiger partial charge in [-0.25, -0.2) is 9.97 Å². The Balaban J connectivity index is 1.93. The number of nitrogens with one attached hydrogen (secondary N) is 1. The van der Waals surface area contributed by atoms with E-state index in [4.69, 9.17) is 23.2 Å². The zero-order valence-corrected chi connectivity index (χ0v) is 13.4. The number of thioether (sulfide) groups is 1. The molecule has 2 heterocycles. The minimum Gasteiger partial charge on any atom is -0.348 e. The van der Waals surface area contributed by atoms with Crippen LogP contribution in [0.25, 0.3) is 11.3 Å². The lowest BCUT2D eigenvalue weighted by molar-refractivity contribution is 1.13. The van der Waals surface area contributed by atoms with E-state index in [1.54, 1.807) is 6.07 Å². The van der Waals surface area contributed by atoms with Gasteiger partial charge in [0, 0.05) is 16.6 Å². The van der Waals surface area contributed by atoms with Gasteiger partial charge in [0.15, 0.2) is 0 Å². The highest BCUT2D eigenvalue weighted by atomic mass is 35.5. The maximum atomic E-state index is 9.42. The van der Waals surface area contributed by atoms with E-state index >= 15 is 0 Å². The van der Waals surface area contributed by atoms with Gasteiger partial charge in [0.25, 0.3) is 0 Å². The molecule has 0 bridgehead atoms. The van der Waals surface area contributed by atoms with Crippen LogP contribution in [0.4, 0.5) is 0 Å². The first-order valence-electron chi connectivity index (χ1n) is 6.20. The number of nitrogens with zero attached hydrogens (tertiary/aromatic N) is 3. The van der Waals surface area contributed by atoms with Gasteiger partial charge in [-0.1, -0.05) is 35.5 Å². The van der Waals surface area contributed by atoms with Gasteiger partial charge >= 0.3 is 0 Å². The third-order valence-corrected chi connectivity index (χ3v) is 4.21. The van der Waals surface area contributed by atoms with Crippen LogP contribution in [0.5, 0.6) is 0 Å². The van der Waals surface area contributed by atoms with Crippen molar-refractivity contribution in [3.63, 3.8) is 0 Å². The van der Waals surface area contributed by atoms with E-state index in [9.17, 15) is 5.26 Å². The summed E-state index contributed by atoms with van der Waals surface area (Å²) in [7, 11) is 0. The number of aromatic nitrogens is 2. The fourth-order valence-electron chi connectivity index (χ4n) is 1.92. The molecule has 1 aliphatic heterocycles. The molecule has 108 valence electrons. The van der Waals surface area contributed by atoms with Crippen molar-refractivity contribution in [1.82, 2.24) is 15.3 Å². The highest BCUT2D eigenvalue weighted by molar-refractivity contribution is 8.06. The normalized spacial score (nSPS) is 15.8. The molecule has 1 aliphatic rings. The van der Waals surface area contributed by atoms with Crippen molar-refractivity contribution < 1.29 is 0 Å². The Morgan fingerprint density at radius 2 is 2.14 bits per heavy atom. The summed E-state index contributed by atoms with van der Waals surface area (Å²) in [5, 5.41) is 16.0. The van der Waals surface area contributed by atoms with Gasteiger partial charge in [-0.05, 0) is 35.4 Å². The molecule has 0 saturated heterocycles. The van der Waals surface area contributed by atoms with Crippen LogP contribution in [-0.4, -0.2) is 9.97 Å². The summed E-state index contributed by atoms with van der Waals surface area (Å²) in [6, 6.07) is 11.3. The van der Waals surface area contributed by atoms with E-state index < -0.39 is 0 Å². The first-order chi connectivity index (χ1) is 10.7. The molecule has 0 unspecified atom stereocenters. The highest BCUT2D eigenvalue weighted by Gasteiger charge is 2.18. The predicted molar refractivity (Wildman–Crippen MR) is 89.7 cm³/mol. The molecule has 0 atom stereocenters. The monoisotopic (exact) mass is 346 g/mol. The quantitative estimate of drug-likeness (QED) is 0.648. The van der Waals surface area contributed by atoms with Gasteiger partial charge in [-0.15, -0.1) is 0 Å². The summed E-state index contributed by atoms with van der Waals surface area (Å²) in [6.07, 6.45) is 1.52. The van der Waals surface area contributed by atoms with Crippen molar-refractivity contribution in [2.75, 3.05) is 0 Å². The molecule has 0 fully saturated rings. The largest absolute Gasteiger partial charge is 0.348 e. The van der Waals surface area contributed by atoms with Gasteiger partial charge in [-0.2, -0.15) is 5.26 Å². The summed E-state index contributed by atoms with van der Waals surface area (Å²) in [5.74, 6) is 0. The van der Waals surface area contributed by atoms with Gasteiger partial charge in [0.2, 0.25) is 5.28 Å². The van der Waals surface area contributed by atoms with Crippen LogP contribution < -0.4 is 5.32 Å². The second-order valence-electron chi connectivity index (χ2n) is 4.31. The van der Waals surface area contributed by atoms with Gasteiger partial charge in [0.1, 0.15) is 11.6 Å². The number of halogens is 2. The maximum Gasteiger partial charge on any atom is 0.222 e. The smallest absolute Gasteiger partial charge is 0.222 e. The van der Waals surface area contributed by atoms with Crippen LogP contribution in [0.15, 0.2) is 47.0 Å². The van der Waals surface area contributed by atoms with E-state index in [0.29, 0.717) is 21.3 Å². The Labute approximate surface area is 141 Å². The fraction of sp³-hybridized carbons (Fsp3) is 0. The van der Waals surface area contributed by atoms with Crippen molar-refractivity contribution in [2.24, 2.45) is 0 Å². The molecule has 1 N–H and O–H groups in total. The first-order valence-corrected chi connectivity index (χ1v) is 7.84. The lowest BCUT2D eigenvalue weighted by Crippen LogP contribution is -2.07. The molecule has 2 aromatic rings. The molecule has 0 saturated carbocycles. The zero-order valence-electron chi connectivity index (χ0n) is 11.0. The van der Waals surface area contributed by atoms with E-state index in [-0.39, 0.29) is 5.28 Å². The summed E-state index contributed by atoms with van der Waals surface area (Å²) in [4.78, 5) is 7.90. The Kier molecular flexibility index (Phi) is 4.34. The fourth-order valence-corrected chi connectivity index (χ4v) is 3.12. The molecule has 1 aromatic heterocycles. The maximum absolute atomic E-state index is 9.42. The molecule has 4 nitrogen and oxygen atoms in total. The predicted octanol–water partition coefficient (Wildman–Crippen LogP) is 4.31. The first kappa shape index (κ1) is 14.9. The molecule has 22 heavy (non-hydrogen) atoms. The van der Waals surface area contributed by atoms with E-state index in [2.05, 4.69) is 21.4 Å². The third-order valence-electron chi connectivity index (χ3n) is 2.90. The Morgan fingerprint density at radius 1 is 1.27 bits per heavy atom. The van der Waals surface area contributed by atoms with Crippen LogP contribution in [0, 0.1) is 11.3 Å². The molecule has 0 spiro atoms. The number of hydrogen-bond acceptors (Lipinski definition) is 5. The SMILES string of the molecule is N#C/C(=C1\NC(c2cccc(Cl)c2)=CS1)c1ccnc(Cl)n1. The van der Waals surface area contributed by atoms with Gasteiger partial charge in [-0.3, -0.25) is 0 Å². The molecule has 7 heteroatoms. The van der Waals surface area contributed by atoms with Crippen LogP contribution in [-0.2, 0) is 0 Å². The second-order valence-corrected chi connectivity index (χ2v) is 5.97. The highest BCUT2D eigenvalue weighted by Crippen LogP contribution is 2.35. The zero-order chi connectivity index (χ0) is 15.5. The van der Waals surface area contributed by atoms with Crippen LogP contribution in [0.3, 0.4) is 0 Å². The molecule has 0 radical (unpaired) electrons. The second kappa shape index (κ2) is 6.41. The van der Waals surface area contributed by atoms with E-state index in [0.717, 1.165) is 11.3 Å². The number of allylic oxidation sites excluding steroid dienone is 1. The van der Waals surface area contributed by atoms with Crippen molar-refractivity contribution >= 4 is 46.2 Å². The molecule has 1 aromatic carbocycles. The van der Waals surface area contributed by atoms with Crippen LogP contribution >= 0.6 is 35.0 Å².